The molecule has 8 nitrogen and oxygen atoms in total. The summed E-state index contributed by atoms with van der Waals surface area (Å²) in [5.74, 6) is 0.631. The zero-order chi connectivity index (χ0) is 14.8. The molecule has 1 aliphatic heterocycles. The summed E-state index contributed by atoms with van der Waals surface area (Å²) in [5, 5.41) is 14.7. The Bertz CT molecular complexity index is 764. The van der Waals surface area contributed by atoms with Gasteiger partial charge in [-0.25, -0.2) is 4.98 Å². The fourth-order valence-electron chi connectivity index (χ4n) is 2.48. The molecule has 3 heterocycles. The number of rotatable bonds is 3. The fraction of sp³-hybridized carbons (Fsp3) is 0.286. The Balaban J connectivity index is 1.54. The van der Waals surface area contributed by atoms with Crippen molar-refractivity contribution in [1.29, 1.82) is 0 Å². The van der Waals surface area contributed by atoms with E-state index >= 15 is 0 Å². The van der Waals surface area contributed by atoms with E-state index in [0.717, 1.165) is 32.0 Å². The molecular formula is C14H15N7O. The predicted molar refractivity (Wildman–Crippen MR) is 81.3 cm³/mol. The van der Waals surface area contributed by atoms with Gasteiger partial charge in [0, 0.05) is 30.7 Å². The first-order chi connectivity index (χ1) is 10.9. The third-order valence-corrected chi connectivity index (χ3v) is 3.62. The average Bonchev–Trinajstić information content (AvgIpc) is 3.06. The van der Waals surface area contributed by atoms with E-state index in [2.05, 4.69) is 42.9 Å². The summed E-state index contributed by atoms with van der Waals surface area (Å²) in [6.07, 6.45) is 3.37. The Kier molecular flexibility index (Phi) is 3.28. The number of fused-ring (bicyclic) bond motifs is 1. The number of tetrazole rings is 1. The first-order valence-corrected chi connectivity index (χ1v) is 7.13. The quantitative estimate of drug-likeness (QED) is 0.775. The normalized spacial score (nSPS) is 15.2. The van der Waals surface area contributed by atoms with Crippen molar-refractivity contribution in [3.05, 3.63) is 36.7 Å². The van der Waals surface area contributed by atoms with Crippen LogP contribution in [0.2, 0.25) is 0 Å². The van der Waals surface area contributed by atoms with E-state index in [-0.39, 0.29) is 0 Å². The van der Waals surface area contributed by atoms with Gasteiger partial charge in [-0.15, -0.1) is 5.10 Å². The molecule has 1 fully saturated rings. The minimum atomic E-state index is 0.597. The van der Waals surface area contributed by atoms with Crippen molar-refractivity contribution in [2.75, 3.05) is 36.5 Å². The lowest BCUT2D eigenvalue weighted by atomic mass is 10.2. The lowest BCUT2D eigenvalue weighted by Gasteiger charge is -2.28. The predicted octanol–water partition coefficient (Wildman–Crippen LogP) is 1.10. The minimum Gasteiger partial charge on any atom is -0.378 e. The molecule has 8 heteroatoms. The lowest BCUT2D eigenvalue weighted by Crippen LogP contribution is -2.36. The van der Waals surface area contributed by atoms with Crippen LogP contribution in [0.4, 0.5) is 17.2 Å². The van der Waals surface area contributed by atoms with Crippen molar-refractivity contribution in [3.63, 3.8) is 0 Å². The highest BCUT2D eigenvalue weighted by Gasteiger charge is 2.11. The maximum Gasteiger partial charge on any atom is 0.222 e. The van der Waals surface area contributed by atoms with Gasteiger partial charge in [-0.1, -0.05) is 0 Å². The Hall–Kier alpha value is -2.74. The van der Waals surface area contributed by atoms with Crippen LogP contribution < -0.4 is 10.2 Å². The number of aromatic nitrogens is 5. The molecule has 0 amide bonds. The van der Waals surface area contributed by atoms with Gasteiger partial charge in [-0.05, 0) is 34.7 Å². The van der Waals surface area contributed by atoms with Gasteiger partial charge in [0.05, 0.1) is 19.4 Å². The molecule has 112 valence electrons. The first-order valence-electron chi connectivity index (χ1n) is 7.13. The molecule has 1 aliphatic rings. The molecule has 0 bridgehead atoms. The van der Waals surface area contributed by atoms with Gasteiger partial charge in [0.25, 0.3) is 0 Å². The van der Waals surface area contributed by atoms with Crippen LogP contribution in [0.1, 0.15) is 0 Å². The smallest absolute Gasteiger partial charge is 0.222 e. The van der Waals surface area contributed by atoms with Crippen LogP contribution >= 0.6 is 0 Å². The van der Waals surface area contributed by atoms with Gasteiger partial charge in [0.1, 0.15) is 0 Å². The molecule has 0 saturated carbocycles. The number of benzene rings is 1. The molecule has 0 spiro atoms. The van der Waals surface area contributed by atoms with Crippen molar-refractivity contribution >= 4 is 22.8 Å². The van der Waals surface area contributed by atoms with E-state index in [1.54, 1.807) is 16.9 Å². The van der Waals surface area contributed by atoms with E-state index in [1.165, 1.54) is 5.69 Å². The highest BCUT2D eigenvalue weighted by Crippen LogP contribution is 2.22. The van der Waals surface area contributed by atoms with Gasteiger partial charge >= 0.3 is 0 Å². The van der Waals surface area contributed by atoms with Crippen molar-refractivity contribution in [2.45, 2.75) is 0 Å². The highest BCUT2D eigenvalue weighted by molar-refractivity contribution is 5.69. The lowest BCUT2D eigenvalue weighted by molar-refractivity contribution is 0.122. The number of nitrogens with one attached hydrogen (secondary N) is 1. The molecular weight excluding hydrogens is 282 g/mol. The molecule has 0 atom stereocenters. The molecule has 0 radical (unpaired) electrons. The second-order valence-corrected chi connectivity index (χ2v) is 4.99. The van der Waals surface area contributed by atoms with Crippen molar-refractivity contribution in [3.8, 4) is 0 Å². The molecule has 1 saturated heterocycles. The topological polar surface area (TPSA) is 80.5 Å². The Labute approximate surface area is 126 Å². The number of nitrogens with zero attached hydrogens (tertiary/aromatic N) is 6. The van der Waals surface area contributed by atoms with Crippen LogP contribution in [0.15, 0.2) is 36.7 Å². The number of ether oxygens (including phenoxy) is 1. The summed E-state index contributed by atoms with van der Waals surface area (Å²) in [6.45, 7) is 3.43. The number of hydrogen-bond donors (Lipinski definition) is 1. The Morgan fingerprint density at radius 3 is 2.73 bits per heavy atom. The fourth-order valence-corrected chi connectivity index (χ4v) is 2.48. The zero-order valence-electron chi connectivity index (χ0n) is 11.9. The van der Waals surface area contributed by atoms with Gasteiger partial charge < -0.3 is 15.0 Å². The van der Waals surface area contributed by atoms with E-state index in [4.69, 9.17) is 4.74 Å². The van der Waals surface area contributed by atoms with Gasteiger partial charge in [-0.2, -0.15) is 4.52 Å². The highest BCUT2D eigenvalue weighted by atomic mass is 16.5. The first kappa shape index (κ1) is 13.0. The largest absolute Gasteiger partial charge is 0.378 e. The van der Waals surface area contributed by atoms with Gasteiger partial charge in [0.2, 0.25) is 5.65 Å². The second-order valence-electron chi connectivity index (χ2n) is 4.99. The van der Waals surface area contributed by atoms with Crippen LogP contribution in [0.5, 0.6) is 0 Å². The number of morpholine rings is 1. The maximum atomic E-state index is 5.37. The van der Waals surface area contributed by atoms with Crippen LogP contribution in [-0.4, -0.2) is 51.3 Å². The van der Waals surface area contributed by atoms with Crippen molar-refractivity contribution in [2.24, 2.45) is 0 Å². The number of hydrogen-bond acceptors (Lipinski definition) is 7. The maximum absolute atomic E-state index is 5.37. The second kappa shape index (κ2) is 5.57. The summed E-state index contributed by atoms with van der Waals surface area (Å²) in [6, 6.07) is 8.24. The molecule has 4 rings (SSSR count). The van der Waals surface area contributed by atoms with E-state index < -0.39 is 0 Å². The van der Waals surface area contributed by atoms with Crippen LogP contribution in [0.25, 0.3) is 5.65 Å². The SMILES string of the molecule is c1cn2nnnc2c(Nc2ccc(N3CCOCC3)cc2)n1. The summed E-state index contributed by atoms with van der Waals surface area (Å²) in [4.78, 5) is 6.60. The molecule has 0 unspecified atom stereocenters. The minimum absolute atomic E-state index is 0.597. The Morgan fingerprint density at radius 1 is 1.09 bits per heavy atom. The van der Waals surface area contributed by atoms with Crippen LogP contribution in [0.3, 0.4) is 0 Å². The summed E-state index contributed by atoms with van der Waals surface area (Å²) >= 11 is 0. The average molecular weight is 297 g/mol. The van der Waals surface area contributed by atoms with E-state index in [1.807, 2.05) is 12.1 Å². The van der Waals surface area contributed by atoms with Crippen LogP contribution in [0, 0.1) is 0 Å². The third-order valence-electron chi connectivity index (χ3n) is 3.62. The van der Waals surface area contributed by atoms with Gasteiger partial charge in [-0.3, -0.25) is 0 Å². The van der Waals surface area contributed by atoms with Crippen molar-refractivity contribution in [1.82, 2.24) is 25.0 Å². The molecule has 1 N–H and O–H groups in total. The Morgan fingerprint density at radius 2 is 1.91 bits per heavy atom. The zero-order valence-corrected chi connectivity index (χ0v) is 11.9. The molecule has 2 aromatic heterocycles. The summed E-state index contributed by atoms with van der Waals surface area (Å²) in [7, 11) is 0. The van der Waals surface area contributed by atoms with Crippen molar-refractivity contribution < 1.29 is 4.74 Å². The summed E-state index contributed by atoms with van der Waals surface area (Å²) < 4.78 is 6.95. The monoisotopic (exact) mass is 297 g/mol. The molecule has 22 heavy (non-hydrogen) atoms. The molecule has 0 aliphatic carbocycles. The number of anilines is 3. The van der Waals surface area contributed by atoms with E-state index in [0.29, 0.717) is 11.5 Å². The van der Waals surface area contributed by atoms with Crippen LogP contribution in [-0.2, 0) is 4.74 Å². The summed E-state index contributed by atoms with van der Waals surface area (Å²) in [5.41, 5.74) is 2.74. The molecule has 1 aromatic carbocycles. The third kappa shape index (κ3) is 2.44. The standard InChI is InChI=1S/C14H15N7O/c1-3-12(20-7-9-22-10-8-20)4-2-11(1)16-13-14-17-18-19-21(14)6-5-15-13/h1-6H,7-10H2,(H,15,16). The van der Waals surface area contributed by atoms with E-state index in [9.17, 15) is 0 Å². The molecule has 3 aromatic rings. The van der Waals surface area contributed by atoms with Gasteiger partial charge in [0.15, 0.2) is 5.82 Å².